The third-order valence-electron chi connectivity index (χ3n) is 5.21. The lowest BCUT2D eigenvalue weighted by Gasteiger charge is -2.00. The van der Waals surface area contributed by atoms with Gasteiger partial charge in [0, 0.05) is 34.2 Å². The number of anilines is 1. The number of halogens is 2. The zero-order valence-electron chi connectivity index (χ0n) is 19.2. The summed E-state index contributed by atoms with van der Waals surface area (Å²) in [7, 11) is 0. The van der Waals surface area contributed by atoms with Gasteiger partial charge in [-0.05, 0) is 60.2 Å². The SMILES string of the molecule is O=C(/C=C/c1cn(-c2ccccc2)nc1-c1ccc(F)cc1)Nc1nnc(SCc2ccc(Cl)cc2)s1. The van der Waals surface area contributed by atoms with Crippen molar-refractivity contribution < 1.29 is 9.18 Å². The highest BCUT2D eigenvalue weighted by molar-refractivity contribution is 8.00. The maximum absolute atomic E-state index is 13.5. The summed E-state index contributed by atoms with van der Waals surface area (Å²) in [4.78, 5) is 12.6. The number of aromatic nitrogens is 4. The monoisotopic (exact) mass is 547 g/mol. The molecule has 0 aliphatic heterocycles. The van der Waals surface area contributed by atoms with E-state index in [9.17, 15) is 9.18 Å². The molecule has 0 fully saturated rings. The molecule has 5 rings (SSSR count). The second kappa shape index (κ2) is 11.5. The number of hydrogen-bond donors (Lipinski definition) is 1. The largest absolute Gasteiger partial charge is 0.297 e. The van der Waals surface area contributed by atoms with Gasteiger partial charge in [0.15, 0.2) is 4.34 Å². The highest BCUT2D eigenvalue weighted by atomic mass is 35.5. The number of rotatable bonds is 8. The quantitative estimate of drug-likeness (QED) is 0.127. The van der Waals surface area contributed by atoms with E-state index in [-0.39, 0.29) is 11.7 Å². The van der Waals surface area contributed by atoms with Crippen molar-refractivity contribution in [2.75, 3.05) is 5.32 Å². The molecule has 2 heterocycles. The van der Waals surface area contributed by atoms with Crippen LogP contribution in [0.1, 0.15) is 11.1 Å². The van der Waals surface area contributed by atoms with Crippen LogP contribution in [0.3, 0.4) is 0 Å². The fourth-order valence-corrected chi connectivity index (χ4v) is 5.25. The molecule has 1 amide bonds. The smallest absolute Gasteiger partial charge is 0.250 e. The Morgan fingerprint density at radius 1 is 1.03 bits per heavy atom. The van der Waals surface area contributed by atoms with Gasteiger partial charge in [0.05, 0.1) is 11.4 Å². The van der Waals surface area contributed by atoms with Crippen LogP contribution in [-0.4, -0.2) is 25.9 Å². The van der Waals surface area contributed by atoms with Crippen LogP contribution in [0.25, 0.3) is 23.0 Å². The van der Waals surface area contributed by atoms with E-state index in [2.05, 4.69) is 20.6 Å². The fraction of sp³-hybridized carbons (Fsp3) is 0.0370. The molecular formula is C27H19ClFN5OS2. The van der Waals surface area contributed by atoms with Gasteiger partial charge in [0.2, 0.25) is 11.0 Å². The van der Waals surface area contributed by atoms with Crippen molar-refractivity contribution in [1.82, 2.24) is 20.0 Å². The Hall–Kier alpha value is -3.79. The van der Waals surface area contributed by atoms with Crippen molar-refractivity contribution in [2.45, 2.75) is 10.1 Å². The van der Waals surface area contributed by atoms with E-state index in [1.165, 1.54) is 41.3 Å². The van der Waals surface area contributed by atoms with Gasteiger partial charge in [-0.3, -0.25) is 10.1 Å². The summed E-state index contributed by atoms with van der Waals surface area (Å²) in [5, 5.41) is 16.7. The molecule has 0 spiro atoms. The molecule has 0 radical (unpaired) electrons. The lowest BCUT2D eigenvalue weighted by atomic mass is 10.1. The Bertz CT molecular complexity index is 1530. The van der Waals surface area contributed by atoms with E-state index < -0.39 is 0 Å². The maximum Gasteiger partial charge on any atom is 0.250 e. The third kappa shape index (κ3) is 6.51. The molecule has 37 heavy (non-hydrogen) atoms. The van der Waals surface area contributed by atoms with E-state index in [4.69, 9.17) is 11.6 Å². The average molecular weight is 548 g/mol. The topological polar surface area (TPSA) is 72.7 Å². The number of para-hydroxylation sites is 1. The number of carbonyl (C=O) groups excluding carboxylic acids is 1. The van der Waals surface area contributed by atoms with Gasteiger partial charge in [-0.2, -0.15) is 5.10 Å². The highest BCUT2D eigenvalue weighted by Crippen LogP contribution is 2.29. The molecule has 0 aliphatic carbocycles. The van der Waals surface area contributed by atoms with Gasteiger partial charge < -0.3 is 0 Å². The van der Waals surface area contributed by atoms with Crippen molar-refractivity contribution in [2.24, 2.45) is 0 Å². The number of benzene rings is 3. The van der Waals surface area contributed by atoms with Crippen LogP contribution in [0.2, 0.25) is 5.02 Å². The summed E-state index contributed by atoms with van der Waals surface area (Å²) >= 11 is 8.77. The first-order chi connectivity index (χ1) is 18.0. The minimum absolute atomic E-state index is 0.328. The Labute approximate surface area is 225 Å². The lowest BCUT2D eigenvalue weighted by Crippen LogP contribution is -2.07. The molecule has 6 nitrogen and oxygen atoms in total. The molecule has 0 atom stereocenters. The molecule has 1 N–H and O–H groups in total. The molecular weight excluding hydrogens is 529 g/mol. The van der Waals surface area contributed by atoms with Crippen LogP contribution in [-0.2, 0) is 10.5 Å². The summed E-state index contributed by atoms with van der Waals surface area (Å²) in [6.45, 7) is 0. The van der Waals surface area contributed by atoms with Crippen LogP contribution in [0.15, 0.2) is 95.5 Å². The molecule has 184 valence electrons. The molecule has 2 aromatic heterocycles. The minimum Gasteiger partial charge on any atom is -0.297 e. The highest BCUT2D eigenvalue weighted by Gasteiger charge is 2.12. The first-order valence-electron chi connectivity index (χ1n) is 11.1. The van der Waals surface area contributed by atoms with Gasteiger partial charge in [-0.25, -0.2) is 9.07 Å². The molecule has 0 bridgehead atoms. The minimum atomic E-state index is -0.345. The average Bonchev–Trinajstić information content (AvgIpc) is 3.55. The number of nitrogens with zero attached hydrogens (tertiary/aromatic N) is 4. The number of thioether (sulfide) groups is 1. The molecule has 0 saturated heterocycles. The predicted molar refractivity (Wildman–Crippen MR) is 148 cm³/mol. The Morgan fingerprint density at radius 2 is 1.78 bits per heavy atom. The maximum atomic E-state index is 13.5. The van der Waals surface area contributed by atoms with Crippen LogP contribution >= 0.6 is 34.7 Å². The van der Waals surface area contributed by atoms with Crippen molar-refractivity contribution in [3.63, 3.8) is 0 Å². The fourth-order valence-electron chi connectivity index (χ4n) is 3.41. The van der Waals surface area contributed by atoms with Crippen molar-refractivity contribution in [3.8, 4) is 16.9 Å². The van der Waals surface area contributed by atoms with Crippen LogP contribution in [0.5, 0.6) is 0 Å². The normalized spacial score (nSPS) is 11.2. The first kappa shape index (κ1) is 24.9. The van der Waals surface area contributed by atoms with E-state index >= 15 is 0 Å². The molecule has 3 aromatic carbocycles. The second-order valence-electron chi connectivity index (χ2n) is 7.83. The number of hydrogen-bond acceptors (Lipinski definition) is 6. The number of amides is 1. The lowest BCUT2D eigenvalue weighted by molar-refractivity contribution is -0.111. The summed E-state index contributed by atoms with van der Waals surface area (Å²) in [5.41, 5.74) is 4.06. The predicted octanol–water partition coefficient (Wildman–Crippen LogP) is 7.13. The number of nitrogens with one attached hydrogen (secondary N) is 1. The van der Waals surface area contributed by atoms with E-state index in [1.807, 2.05) is 60.8 Å². The number of carbonyl (C=O) groups is 1. The van der Waals surface area contributed by atoms with Crippen molar-refractivity contribution in [1.29, 1.82) is 0 Å². The van der Waals surface area contributed by atoms with Crippen LogP contribution < -0.4 is 5.32 Å². The van der Waals surface area contributed by atoms with Crippen LogP contribution in [0.4, 0.5) is 9.52 Å². The van der Waals surface area contributed by atoms with Gasteiger partial charge in [0.25, 0.3) is 0 Å². The van der Waals surface area contributed by atoms with E-state index in [0.717, 1.165) is 26.9 Å². The van der Waals surface area contributed by atoms with Gasteiger partial charge in [0.1, 0.15) is 5.82 Å². The zero-order valence-corrected chi connectivity index (χ0v) is 21.6. The van der Waals surface area contributed by atoms with Crippen LogP contribution in [0, 0.1) is 5.82 Å². The molecule has 0 unspecified atom stereocenters. The Morgan fingerprint density at radius 3 is 2.54 bits per heavy atom. The zero-order chi connectivity index (χ0) is 25.6. The Balaban J connectivity index is 1.29. The third-order valence-corrected chi connectivity index (χ3v) is 7.50. The van der Waals surface area contributed by atoms with Gasteiger partial charge >= 0.3 is 0 Å². The van der Waals surface area contributed by atoms with E-state index in [1.54, 1.807) is 22.9 Å². The summed E-state index contributed by atoms with van der Waals surface area (Å²) in [6, 6.07) is 23.3. The molecule has 0 aliphatic rings. The molecule has 10 heteroatoms. The summed E-state index contributed by atoms with van der Waals surface area (Å²) in [6.07, 6.45) is 4.92. The van der Waals surface area contributed by atoms with Crippen molar-refractivity contribution >= 4 is 51.8 Å². The van der Waals surface area contributed by atoms with Gasteiger partial charge in [-0.15, -0.1) is 10.2 Å². The van der Waals surface area contributed by atoms with Gasteiger partial charge in [-0.1, -0.05) is 65.0 Å². The summed E-state index contributed by atoms with van der Waals surface area (Å²) in [5.74, 6) is 0.0467. The molecule has 5 aromatic rings. The standard InChI is InChI=1S/C27H19ClFN5OS2/c28-21-11-6-18(7-12-21)17-36-27-32-31-26(37-27)30-24(35)15-10-20-16-34(23-4-2-1-3-5-23)33-25(20)19-8-13-22(29)14-9-19/h1-16H,17H2,(H,30,31,35)/b15-10+. The van der Waals surface area contributed by atoms with E-state index in [0.29, 0.717) is 21.4 Å². The Kier molecular flexibility index (Phi) is 7.74. The molecule has 0 saturated carbocycles. The van der Waals surface area contributed by atoms with Crippen molar-refractivity contribution in [3.05, 3.63) is 113 Å². The summed E-state index contributed by atoms with van der Waals surface area (Å²) < 4.78 is 16.0. The first-order valence-corrected chi connectivity index (χ1v) is 13.3. The second-order valence-corrected chi connectivity index (χ2v) is 10.5.